The summed E-state index contributed by atoms with van der Waals surface area (Å²) >= 11 is 0. The molecule has 2 aromatic rings. The van der Waals surface area contributed by atoms with Gasteiger partial charge in [0.1, 0.15) is 23.5 Å². The molecule has 0 spiro atoms. The molecule has 4 rings (SSSR count). The molecule has 2 bridgehead atoms. The van der Waals surface area contributed by atoms with Crippen molar-refractivity contribution in [1.29, 1.82) is 5.26 Å². The fourth-order valence-electron chi connectivity index (χ4n) is 5.25. The van der Waals surface area contributed by atoms with Crippen LogP contribution >= 0.6 is 0 Å². The number of nitrogens with two attached hydrogens (primary N) is 1. The Hall–Kier alpha value is -3.93. The number of hydrogen-bond acceptors (Lipinski definition) is 5. The molecular formula is C28H31FN4O4. The molecule has 0 aromatic heterocycles. The van der Waals surface area contributed by atoms with Crippen molar-refractivity contribution in [2.24, 2.45) is 11.7 Å². The number of ether oxygens (including phenoxy) is 1. The lowest BCUT2D eigenvalue weighted by atomic mass is 9.96. The van der Waals surface area contributed by atoms with Crippen molar-refractivity contribution in [3.8, 4) is 17.2 Å². The van der Waals surface area contributed by atoms with Crippen molar-refractivity contribution >= 4 is 17.9 Å². The number of primary amides is 1. The predicted molar refractivity (Wildman–Crippen MR) is 135 cm³/mol. The first-order valence-corrected chi connectivity index (χ1v) is 12.4. The lowest BCUT2D eigenvalue weighted by molar-refractivity contribution is -0.128. The maximum absolute atomic E-state index is 15.0. The van der Waals surface area contributed by atoms with E-state index in [9.17, 15) is 24.0 Å². The number of nitriles is 1. The number of nitrogens with one attached hydrogen (secondary N) is 1. The van der Waals surface area contributed by atoms with Gasteiger partial charge in [-0.25, -0.2) is 9.18 Å². The minimum atomic E-state index is -0.981. The molecular weight excluding hydrogens is 475 g/mol. The van der Waals surface area contributed by atoms with Crippen LogP contribution in [0.5, 0.6) is 0 Å². The molecule has 3 amide bonds. The van der Waals surface area contributed by atoms with Crippen LogP contribution < -0.4 is 11.1 Å². The second-order valence-electron chi connectivity index (χ2n) is 10.7. The van der Waals surface area contributed by atoms with Crippen molar-refractivity contribution in [2.45, 2.75) is 70.2 Å². The number of likely N-dealkylation sites (tertiary alicyclic amines) is 1. The zero-order valence-electron chi connectivity index (χ0n) is 21.2. The van der Waals surface area contributed by atoms with Crippen molar-refractivity contribution in [2.75, 3.05) is 0 Å². The summed E-state index contributed by atoms with van der Waals surface area (Å²) in [5, 5.41) is 12.4. The number of rotatable bonds is 6. The number of nitrogens with zero attached hydrogens (tertiary/aromatic N) is 2. The first-order chi connectivity index (χ1) is 17.5. The first kappa shape index (κ1) is 26.1. The Morgan fingerprint density at radius 2 is 1.92 bits per heavy atom. The largest absolute Gasteiger partial charge is 0.444 e. The summed E-state index contributed by atoms with van der Waals surface area (Å²) in [4.78, 5) is 39.1. The molecule has 2 fully saturated rings. The normalized spacial score (nSPS) is 21.3. The first-order valence-electron chi connectivity index (χ1n) is 12.4. The van der Waals surface area contributed by atoms with Gasteiger partial charge >= 0.3 is 6.09 Å². The van der Waals surface area contributed by atoms with E-state index in [2.05, 4.69) is 5.32 Å². The molecule has 194 valence electrons. The SMILES string of the molecule is CC(C)(C)OC(=O)N1[C@@H]2CCC(C2)[C@H]1C(=O)NC(C#N)Cc1ccc(-c2cccc(C(N)=O)c2)cc1F. The highest BCUT2D eigenvalue weighted by Gasteiger charge is 2.52. The smallest absolute Gasteiger partial charge is 0.411 e. The molecule has 1 heterocycles. The van der Waals surface area contributed by atoms with Gasteiger partial charge in [-0.05, 0) is 80.8 Å². The van der Waals surface area contributed by atoms with Gasteiger partial charge in [0.25, 0.3) is 0 Å². The van der Waals surface area contributed by atoms with Crippen LogP contribution in [0.3, 0.4) is 0 Å². The summed E-state index contributed by atoms with van der Waals surface area (Å²) in [6.45, 7) is 5.32. The van der Waals surface area contributed by atoms with E-state index >= 15 is 0 Å². The second kappa shape index (κ2) is 10.2. The number of fused-ring (bicyclic) bond motifs is 2. The number of carbonyl (C=O) groups excluding carboxylic acids is 3. The highest BCUT2D eigenvalue weighted by molar-refractivity contribution is 5.94. The topological polar surface area (TPSA) is 126 Å². The molecule has 3 N–H and O–H groups in total. The molecule has 1 saturated carbocycles. The van der Waals surface area contributed by atoms with Gasteiger partial charge in [-0.1, -0.05) is 24.3 Å². The zero-order chi connectivity index (χ0) is 26.9. The van der Waals surface area contributed by atoms with E-state index in [1.807, 2.05) is 6.07 Å². The Labute approximate surface area is 215 Å². The third-order valence-corrected chi connectivity index (χ3v) is 6.89. The molecule has 4 atom stereocenters. The number of amides is 3. The van der Waals surface area contributed by atoms with Gasteiger partial charge in [0, 0.05) is 18.0 Å². The third-order valence-electron chi connectivity index (χ3n) is 6.89. The lowest BCUT2D eigenvalue weighted by Crippen LogP contribution is -2.55. The third kappa shape index (κ3) is 5.74. The minimum absolute atomic E-state index is 0.00375. The van der Waals surface area contributed by atoms with Gasteiger partial charge in [0.15, 0.2) is 0 Å². The van der Waals surface area contributed by atoms with E-state index in [0.717, 1.165) is 19.3 Å². The van der Waals surface area contributed by atoms with E-state index in [0.29, 0.717) is 16.7 Å². The quantitative estimate of drug-likeness (QED) is 0.614. The second-order valence-corrected chi connectivity index (χ2v) is 10.7. The van der Waals surface area contributed by atoms with Crippen LogP contribution in [-0.2, 0) is 16.0 Å². The molecule has 1 aliphatic carbocycles. The lowest BCUT2D eigenvalue weighted by Gasteiger charge is -2.35. The Morgan fingerprint density at radius 1 is 1.19 bits per heavy atom. The van der Waals surface area contributed by atoms with Crippen molar-refractivity contribution < 1.29 is 23.5 Å². The summed E-state index contributed by atoms with van der Waals surface area (Å²) in [5.41, 5.74) is 6.40. The summed E-state index contributed by atoms with van der Waals surface area (Å²) < 4.78 is 20.5. The standard InChI is InChI=1S/C28H31FN4O4/c1-28(2,3)37-27(36)33-22-10-9-19(13-22)24(33)26(35)32-21(15-30)12-18-8-7-17(14-23(18)29)16-5-4-6-20(11-16)25(31)34/h4-8,11,14,19,21-22,24H,9-10,12-13H2,1-3H3,(H2,31,34)(H,32,35)/t19?,21?,22-,24+/m1/s1. The number of benzene rings is 2. The maximum atomic E-state index is 15.0. The highest BCUT2D eigenvalue weighted by atomic mass is 19.1. The van der Waals surface area contributed by atoms with Crippen molar-refractivity contribution in [3.63, 3.8) is 0 Å². The fourth-order valence-corrected chi connectivity index (χ4v) is 5.25. The maximum Gasteiger partial charge on any atom is 0.411 e. The van der Waals surface area contributed by atoms with Crippen LogP contribution in [0.4, 0.5) is 9.18 Å². The monoisotopic (exact) mass is 506 g/mol. The van der Waals surface area contributed by atoms with Crippen LogP contribution in [0, 0.1) is 23.1 Å². The predicted octanol–water partition coefficient (Wildman–Crippen LogP) is 3.93. The molecule has 8 nitrogen and oxygen atoms in total. The summed E-state index contributed by atoms with van der Waals surface area (Å²) in [7, 11) is 0. The van der Waals surface area contributed by atoms with Crippen LogP contribution in [0.2, 0.25) is 0 Å². The zero-order valence-corrected chi connectivity index (χ0v) is 21.2. The van der Waals surface area contributed by atoms with Gasteiger partial charge in [0.05, 0.1) is 6.07 Å². The van der Waals surface area contributed by atoms with E-state index < -0.39 is 41.4 Å². The molecule has 0 radical (unpaired) electrons. The summed E-state index contributed by atoms with van der Waals surface area (Å²) in [5.74, 6) is -1.53. The Bertz CT molecular complexity index is 1270. The summed E-state index contributed by atoms with van der Waals surface area (Å²) in [6, 6.07) is 11.4. The highest BCUT2D eigenvalue weighted by Crippen LogP contribution is 2.43. The van der Waals surface area contributed by atoms with E-state index in [-0.39, 0.29) is 23.9 Å². The average Bonchev–Trinajstić information content (AvgIpc) is 3.45. The molecule has 2 aliphatic rings. The minimum Gasteiger partial charge on any atom is -0.444 e. The number of carbonyl (C=O) groups is 3. The Balaban J connectivity index is 1.46. The number of halogens is 1. The van der Waals surface area contributed by atoms with Gasteiger partial charge in [-0.3, -0.25) is 14.5 Å². The molecule has 2 unspecified atom stereocenters. The van der Waals surface area contributed by atoms with Crippen LogP contribution in [0.25, 0.3) is 11.1 Å². The molecule has 2 aromatic carbocycles. The average molecular weight is 507 g/mol. The molecule has 37 heavy (non-hydrogen) atoms. The van der Waals surface area contributed by atoms with Gasteiger partial charge in [0.2, 0.25) is 11.8 Å². The summed E-state index contributed by atoms with van der Waals surface area (Å²) in [6.07, 6.45) is 1.79. The number of piperidine rings is 1. The molecule has 9 heteroatoms. The molecule has 1 saturated heterocycles. The Morgan fingerprint density at radius 3 is 2.57 bits per heavy atom. The van der Waals surface area contributed by atoms with Crippen LogP contribution in [0.15, 0.2) is 42.5 Å². The fraction of sp³-hybridized carbons (Fsp3) is 0.429. The van der Waals surface area contributed by atoms with E-state index in [1.165, 1.54) is 11.0 Å². The van der Waals surface area contributed by atoms with E-state index in [4.69, 9.17) is 10.5 Å². The Kier molecular flexibility index (Phi) is 7.21. The van der Waals surface area contributed by atoms with Crippen LogP contribution in [0.1, 0.15) is 56.0 Å². The molecule has 1 aliphatic heterocycles. The van der Waals surface area contributed by atoms with Crippen molar-refractivity contribution in [3.05, 3.63) is 59.4 Å². The van der Waals surface area contributed by atoms with Crippen LogP contribution in [-0.4, -0.2) is 46.5 Å². The number of hydrogen-bond donors (Lipinski definition) is 2. The van der Waals surface area contributed by atoms with Gasteiger partial charge < -0.3 is 15.8 Å². The van der Waals surface area contributed by atoms with E-state index in [1.54, 1.807) is 57.2 Å². The van der Waals surface area contributed by atoms with Gasteiger partial charge in [-0.15, -0.1) is 0 Å². The van der Waals surface area contributed by atoms with Crippen molar-refractivity contribution in [1.82, 2.24) is 10.2 Å². The van der Waals surface area contributed by atoms with Gasteiger partial charge in [-0.2, -0.15) is 5.26 Å².